The molecule has 0 aliphatic rings. The van der Waals surface area contributed by atoms with Crippen LogP contribution in [0.5, 0.6) is 0 Å². The molecule has 2 rings (SSSR count). The summed E-state index contributed by atoms with van der Waals surface area (Å²) in [5, 5.41) is 0.466. The Labute approximate surface area is 127 Å². The van der Waals surface area contributed by atoms with Crippen LogP contribution in [-0.4, -0.2) is 8.42 Å². The Balaban J connectivity index is 2.43. The molecule has 0 saturated carbocycles. The van der Waals surface area contributed by atoms with Crippen LogP contribution in [-0.2, 0) is 10.0 Å². The van der Waals surface area contributed by atoms with Crippen LogP contribution in [0.15, 0.2) is 41.3 Å². The van der Waals surface area contributed by atoms with Crippen LogP contribution < -0.4 is 10.5 Å². The normalized spacial score (nSPS) is 11.3. The van der Waals surface area contributed by atoms with Crippen LogP contribution in [0.2, 0.25) is 10.0 Å². The highest BCUT2D eigenvalue weighted by Gasteiger charge is 2.17. The molecule has 3 N–H and O–H groups in total. The smallest absolute Gasteiger partial charge is 0.262 e. The third-order valence-electron chi connectivity index (χ3n) is 2.74. The summed E-state index contributed by atoms with van der Waals surface area (Å²) >= 11 is 11.6. The van der Waals surface area contributed by atoms with Gasteiger partial charge in [-0.05, 0) is 36.8 Å². The number of benzene rings is 2. The zero-order valence-corrected chi connectivity index (χ0v) is 12.9. The number of para-hydroxylation sites is 1. The SMILES string of the molecule is Cc1cccc(N)c1NS(=O)(=O)c1ccc(Cl)c(Cl)c1. The fourth-order valence-corrected chi connectivity index (χ4v) is 3.22. The van der Waals surface area contributed by atoms with Crippen LogP contribution in [0, 0.1) is 6.92 Å². The molecule has 4 nitrogen and oxygen atoms in total. The average Bonchev–Trinajstić information content (AvgIpc) is 2.37. The first kappa shape index (κ1) is 15.0. The molecule has 0 heterocycles. The highest BCUT2D eigenvalue weighted by atomic mass is 35.5. The van der Waals surface area contributed by atoms with E-state index in [9.17, 15) is 8.42 Å². The Hall–Kier alpha value is -1.43. The number of nitrogens with two attached hydrogens (primary N) is 1. The maximum absolute atomic E-state index is 12.3. The molecule has 20 heavy (non-hydrogen) atoms. The third-order valence-corrected chi connectivity index (χ3v) is 4.83. The highest BCUT2D eigenvalue weighted by Crippen LogP contribution is 2.28. The molecule has 0 amide bonds. The third kappa shape index (κ3) is 3.00. The fraction of sp³-hybridized carbons (Fsp3) is 0.0769. The molecule has 0 fully saturated rings. The zero-order valence-electron chi connectivity index (χ0n) is 10.5. The van der Waals surface area contributed by atoms with Gasteiger partial charge < -0.3 is 5.73 Å². The summed E-state index contributed by atoms with van der Waals surface area (Å²) in [5.74, 6) is 0. The number of sulfonamides is 1. The lowest BCUT2D eigenvalue weighted by atomic mass is 10.2. The summed E-state index contributed by atoms with van der Waals surface area (Å²) in [5.41, 5.74) is 7.23. The van der Waals surface area contributed by atoms with E-state index >= 15 is 0 Å². The Morgan fingerprint density at radius 1 is 1.10 bits per heavy atom. The van der Waals surface area contributed by atoms with Gasteiger partial charge in [-0.25, -0.2) is 8.42 Å². The lowest BCUT2D eigenvalue weighted by molar-refractivity contribution is 0.601. The maximum atomic E-state index is 12.3. The topological polar surface area (TPSA) is 72.2 Å². The number of anilines is 2. The quantitative estimate of drug-likeness (QED) is 0.843. The van der Waals surface area contributed by atoms with Crippen molar-refractivity contribution in [2.75, 3.05) is 10.5 Å². The first-order valence-corrected chi connectivity index (χ1v) is 7.88. The van der Waals surface area contributed by atoms with E-state index in [1.807, 2.05) is 0 Å². The molecule has 0 atom stereocenters. The second-order valence-electron chi connectivity index (χ2n) is 4.22. The van der Waals surface area contributed by atoms with Crippen molar-refractivity contribution in [1.82, 2.24) is 0 Å². The molecule has 0 aliphatic carbocycles. The van der Waals surface area contributed by atoms with Crippen molar-refractivity contribution < 1.29 is 8.42 Å². The van der Waals surface area contributed by atoms with E-state index < -0.39 is 10.0 Å². The van der Waals surface area contributed by atoms with E-state index in [0.717, 1.165) is 5.56 Å². The molecule has 0 bridgehead atoms. The number of aryl methyl sites for hydroxylation is 1. The number of nitrogen functional groups attached to an aromatic ring is 1. The van der Waals surface area contributed by atoms with E-state index in [0.29, 0.717) is 16.4 Å². The van der Waals surface area contributed by atoms with Gasteiger partial charge in [0.05, 0.1) is 26.3 Å². The molecule has 106 valence electrons. The van der Waals surface area contributed by atoms with Crippen LogP contribution >= 0.6 is 23.2 Å². The zero-order chi connectivity index (χ0) is 14.9. The first-order chi connectivity index (χ1) is 9.31. The van der Waals surface area contributed by atoms with Crippen molar-refractivity contribution in [3.05, 3.63) is 52.0 Å². The largest absolute Gasteiger partial charge is 0.397 e. The Kier molecular flexibility index (Phi) is 4.13. The molecule has 2 aromatic rings. The van der Waals surface area contributed by atoms with Gasteiger partial charge in [0.1, 0.15) is 0 Å². The lowest BCUT2D eigenvalue weighted by Gasteiger charge is -2.13. The second kappa shape index (κ2) is 5.52. The molecule has 0 unspecified atom stereocenters. The molecule has 0 saturated heterocycles. The molecule has 2 aromatic carbocycles. The van der Waals surface area contributed by atoms with Crippen molar-refractivity contribution in [2.24, 2.45) is 0 Å². The second-order valence-corrected chi connectivity index (χ2v) is 6.72. The van der Waals surface area contributed by atoms with Crippen LogP contribution in [0.4, 0.5) is 11.4 Å². The number of nitrogens with one attached hydrogen (secondary N) is 1. The van der Waals surface area contributed by atoms with Crippen LogP contribution in [0.25, 0.3) is 0 Å². The molecule has 0 spiro atoms. The summed E-state index contributed by atoms with van der Waals surface area (Å²) in [6.45, 7) is 1.77. The van der Waals surface area contributed by atoms with E-state index in [-0.39, 0.29) is 9.92 Å². The average molecular weight is 331 g/mol. The minimum absolute atomic E-state index is 0.0227. The first-order valence-electron chi connectivity index (χ1n) is 5.64. The van der Waals surface area contributed by atoms with Crippen molar-refractivity contribution >= 4 is 44.6 Å². The van der Waals surface area contributed by atoms with Gasteiger partial charge in [0.25, 0.3) is 10.0 Å². The minimum atomic E-state index is -3.77. The Morgan fingerprint density at radius 3 is 2.40 bits per heavy atom. The molecular weight excluding hydrogens is 319 g/mol. The molecule has 0 aromatic heterocycles. The monoisotopic (exact) mass is 330 g/mol. The van der Waals surface area contributed by atoms with Crippen LogP contribution in [0.1, 0.15) is 5.56 Å². The van der Waals surface area contributed by atoms with E-state index in [1.165, 1.54) is 18.2 Å². The van der Waals surface area contributed by atoms with Crippen molar-refractivity contribution in [3.63, 3.8) is 0 Å². The summed E-state index contributed by atoms with van der Waals surface area (Å²) in [6, 6.07) is 9.25. The van der Waals surface area contributed by atoms with Crippen molar-refractivity contribution in [2.45, 2.75) is 11.8 Å². The predicted octanol–water partition coefficient (Wildman–Crippen LogP) is 3.68. The maximum Gasteiger partial charge on any atom is 0.262 e. The summed E-state index contributed by atoms with van der Waals surface area (Å²) < 4.78 is 27.1. The Bertz CT molecular complexity index is 741. The van der Waals surface area contributed by atoms with Gasteiger partial charge in [-0.1, -0.05) is 35.3 Å². The van der Waals surface area contributed by atoms with Gasteiger partial charge in [0, 0.05) is 0 Å². The summed E-state index contributed by atoms with van der Waals surface area (Å²) in [7, 11) is -3.77. The van der Waals surface area contributed by atoms with Gasteiger partial charge in [-0.3, -0.25) is 4.72 Å². The van der Waals surface area contributed by atoms with Crippen LogP contribution in [0.3, 0.4) is 0 Å². The summed E-state index contributed by atoms with van der Waals surface area (Å²) in [6.07, 6.45) is 0. The number of hydrogen-bond acceptors (Lipinski definition) is 3. The lowest BCUT2D eigenvalue weighted by Crippen LogP contribution is -2.15. The van der Waals surface area contributed by atoms with Gasteiger partial charge >= 0.3 is 0 Å². The van der Waals surface area contributed by atoms with Crippen molar-refractivity contribution in [1.29, 1.82) is 0 Å². The van der Waals surface area contributed by atoms with Gasteiger partial charge in [0.2, 0.25) is 0 Å². The minimum Gasteiger partial charge on any atom is -0.397 e. The molecule has 0 radical (unpaired) electrons. The highest BCUT2D eigenvalue weighted by molar-refractivity contribution is 7.92. The number of hydrogen-bond donors (Lipinski definition) is 2. The predicted molar refractivity (Wildman–Crippen MR) is 82.9 cm³/mol. The Morgan fingerprint density at radius 2 is 1.80 bits per heavy atom. The molecule has 7 heteroatoms. The number of halogens is 2. The number of rotatable bonds is 3. The van der Waals surface area contributed by atoms with Gasteiger partial charge in [0.15, 0.2) is 0 Å². The van der Waals surface area contributed by atoms with Gasteiger partial charge in [-0.15, -0.1) is 0 Å². The van der Waals surface area contributed by atoms with Gasteiger partial charge in [-0.2, -0.15) is 0 Å². The molecular formula is C13H12Cl2N2O2S. The molecule has 0 aliphatic heterocycles. The summed E-state index contributed by atoms with van der Waals surface area (Å²) in [4.78, 5) is 0.0227. The standard InChI is InChI=1S/C13H12Cl2N2O2S/c1-8-3-2-4-12(16)13(8)17-20(18,19)9-5-6-10(14)11(15)7-9/h2-7,17H,16H2,1H3. The van der Waals surface area contributed by atoms with E-state index in [2.05, 4.69) is 4.72 Å². The van der Waals surface area contributed by atoms with E-state index in [4.69, 9.17) is 28.9 Å². The fourth-order valence-electron chi connectivity index (χ4n) is 1.67. The van der Waals surface area contributed by atoms with Crippen molar-refractivity contribution in [3.8, 4) is 0 Å². The van der Waals surface area contributed by atoms with E-state index in [1.54, 1.807) is 25.1 Å².